The van der Waals surface area contributed by atoms with Gasteiger partial charge in [-0.15, -0.1) is 0 Å². The molecule has 4 rings (SSSR count). The zero-order chi connectivity index (χ0) is 16.4. The van der Waals surface area contributed by atoms with E-state index in [1.54, 1.807) is 0 Å². The lowest BCUT2D eigenvalue weighted by atomic mass is 9.84. The number of hydrogen-bond acceptors (Lipinski definition) is 4. The van der Waals surface area contributed by atoms with Crippen LogP contribution in [0.2, 0.25) is 0 Å². The van der Waals surface area contributed by atoms with E-state index in [0.717, 1.165) is 48.9 Å². The van der Waals surface area contributed by atoms with E-state index in [1.807, 2.05) is 12.1 Å². The fourth-order valence-corrected chi connectivity index (χ4v) is 4.17. The molecule has 0 amide bonds. The predicted molar refractivity (Wildman–Crippen MR) is 95.9 cm³/mol. The second-order valence-electron chi connectivity index (χ2n) is 7.51. The topological polar surface area (TPSA) is 60.2 Å². The van der Waals surface area contributed by atoms with Gasteiger partial charge >= 0.3 is 0 Å². The lowest BCUT2D eigenvalue weighted by molar-refractivity contribution is -0.426. The molecule has 2 heterocycles. The predicted octanol–water partition coefficient (Wildman–Crippen LogP) is 2.14. The van der Waals surface area contributed by atoms with Gasteiger partial charge in [-0.1, -0.05) is 17.3 Å². The molecule has 2 fully saturated rings. The van der Waals surface area contributed by atoms with Crippen LogP contribution in [-0.2, 0) is 0 Å². The Kier molecular flexibility index (Phi) is 4.72. The number of hydrogen-bond donors (Lipinski definition) is 1. The zero-order valence-corrected chi connectivity index (χ0v) is 14.5. The molecule has 24 heavy (non-hydrogen) atoms. The van der Waals surface area contributed by atoms with Gasteiger partial charge in [0.2, 0.25) is 0 Å². The van der Waals surface area contributed by atoms with Crippen molar-refractivity contribution in [3.8, 4) is 0 Å². The number of nitrogens with zero attached hydrogens (tertiary/aromatic N) is 3. The van der Waals surface area contributed by atoms with Crippen LogP contribution in [0.5, 0.6) is 0 Å². The molecule has 3 N–H and O–H groups in total. The van der Waals surface area contributed by atoms with Gasteiger partial charge < -0.3 is 15.2 Å². The molecule has 1 aromatic carbocycles. The maximum Gasteiger partial charge on any atom is 0.180 e. The van der Waals surface area contributed by atoms with E-state index in [1.165, 1.54) is 38.6 Å². The third-order valence-corrected chi connectivity index (χ3v) is 5.85. The first-order valence-corrected chi connectivity index (χ1v) is 9.44. The van der Waals surface area contributed by atoms with Crippen molar-refractivity contribution < 1.29 is 10.3 Å². The third kappa shape index (κ3) is 3.42. The molecule has 0 radical (unpaired) electrons. The molecular weight excluding hydrogens is 300 g/mol. The smallest absolute Gasteiger partial charge is 0.180 e. The minimum Gasteiger partial charge on any atom is -0.355 e. The van der Waals surface area contributed by atoms with Crippen LogP contribution in [0.25, 0.3) is 11.0 Å². The first kappa shape index (κ1) is 15.9. The Labute approximate surface area is 143 Å². The van der Waals surface area contributed by atoms with E-state index < -0.39 is 0 Å². The Morgan fingerprint density at radius 3 is 2.58 bits per heavy atom. The molecule has 1 saturated heterocycles. The first-order chi connectivity index (χ1) is 11.8. The molecule has 1 aliphatic heterocycles. The second kappa shape index (κ2) is 7.11. The molecule has 5 nitrogen and oxygen atoms in total. The fourth-order valence-electron chi connectivity index (χ4n) is 4.17. The second-order valence-corrected chi connectivity index (χ2v) is 7.51. The summed E-state index contributed by atoms with van der Waals surface area (Å²) in [6.45, 7) is 5.60. The summed E-state index contributed by atoms with van der Waals surface area (Å²) in [6, 6.07) is 8.86. The highest BCUT2D eigenvalue weighted by molar-refractivity contribution is 5.88. The van der Waals surface area contributed by atoms with Crippen molar-refractivity contribution in [2.45, 2.75) is 38.1 Å². The summed E-state index contributed by atoms with van der Waals surface area (Å²) in [6.07, 6.45) is 6.80. The number of rotatable bonds is 4. The number of fused-ring (bicyclic) bond motifs is 1. The minimum absolute atomic E-state index is 0.710. The SMILES string of the molecule is [NH3+]C1CCC(CCN2CCN(c3noc4ccccc34)CC2)CC1. The number of piperazine rings is 1. The van der Waals surface area contributed by atoms with Gasteiger partial charge in [-0.05, 0) is 56.7 Å². The van der Waals surface area contributed by atoms with Crippen LogP contribution >= 0.6 is 0 Å². The summed E-state index contributed by atoms with van der Waals surface area (Å²) in [5.41, 5.74) is 5.09. The standard InChI is InChI=1S/C19H28N4O/c20-16-7-5-15(6-8-16)9-10-22-11-13-23(14-12-22)19-17-3-1-2-4-18(17)24-21-19/h1-4,15-16H,5-14,20H2/p+1. The van der Waals surface area contributed by atoms with Crippen molar-refractivity contribution in [2.75, 3.05) is 37.6 Å². The summed E-state index contributed by atoms with van der Waals surface area (Å²) < 4.78 is 5.45. The van der Waals surface area contributed by atoms with Gasteiger partial charge in [0, 0.05) is 26.2 Å². The first-order valence-electron chi connectivity index (χ1n) is 9.44. The average Bonchev–Trinajstić information content (AvgIpc) is 3.06. The summed E-state index contributed by atoms with van der Waals surface area (Å²) in [4.78, 5) is 4.99. The normalized spacial score (nSPS) is 26.1. The Morgan fingerprint density at radius 2 is 1.79 bits per heavy atom. The highest BCUT2D eigenvalue weighted by atomic mass is 16.5. The van der Waals surface area contributed by atoms with E-state index in [2.05, 4.69) is 32.8 Å². The van der Waals surface area contributed by atoms with E-state index >= 15 is 0 Å². The van der Waals surface area contributed by atoms with Gasteiger partial charge in [0.05, 0.1) is 11.4 Å². The molecule has 1 saturated carbocycles. The van der Waals surface area contributed by atoms with E-state index in [9.17, 15) is 0 Å². The van der Waals surface area contributed by atoms with Gasteiger partial charge in [-0.3, -0.25) is 4.90 Å². The number of anilines is 1. The number of para-hydroxylation sites is 1. The fraction of sp³-hybridized carbons (Fsp3) is 0.632. The highest BCUT2D eigenvalue weighted by Crippen LogP contribution is 2.28. The average molecular weight is 329 g/mol. The summed E-state index contributed by atoms with van der Waals surface area (Å²) in [7, 11) is 0. The quantitative estimate of drug-likeness (QED) is 0.933. The van der Waals surface area contributed by atoms with Gasteiger partial charge in [0.15, 0.2) is 11.4 Å². The summed E-state index contributed by atoms with van der Waals surface area (Å²) in [5, 5.41) is 5.43. The van der Waals surface area contributed by atoms with Gasteiger partial charge in [0.1, 0.15) is 0 Å². The van der Waals surface area contributed by atoms with Gasteiger partial charge in [-0.25, -0.2) is 0 Å². The van der Waals surface area contributed by atoms with Crippen LogP contribution in [0.4, 0.5) is 5.82 Å². The number of aromatic nitrogens is 1. The molecule has 0 unspecified atom stereocenters. The Bertz CT molecular complexity index is 654. The molecule has 2 aliphatic rings. The number of quaternary nitrogens is 1. The van der Waals surface area contributed by atoms with E-state index in [4.69, 9.17) is 4.52 Å². The molecular formula is C19H29N4O+. The van der Waals surface area contributed by atoms with E-state index in [-0.39, 0.29) is 0 Å². The molecule has 1 aliphatic carbocycles. The maximum atomic E-state index is 5.45. The van der Waals surface area contributed by atoms with Crippen molar-refractivity contribution >= 4 is 16.8 Å². The lowest BCUT2D eigenvalue weighted by Crippen LogP contribution is -2.61. The molecule has 1 aromatic heterocycles. The molecule has 2 aromatic rings. The monoisotopic (exact) mass is 329 g/mol. The molecule has 0 atom stereocenters. The minimum atomic E-state index is 0.710. The summed E-state index contributed by atoms with van der Waals surface area (Å²) >= 11 is 0. The van der Waals surface area contributed by atoms with Crippen LogP contribution in [0, 0.1) is 5.92 Å². The molecule has 130 valence electrons. The molecule has 0 spiro atoms. The maximum absolute atomic E-state index is 5.45. The highest BCUT2D eigenvalue weighted by Gasteiger charge is 2.24. The van der Waals surface area contributed by atoms with Crippen molar-refractivity contribution in [3.63, 3.8) is 0 Å². The van der Waals surface area contributed by atoms with Crippen molar-refractivity contribution in [1.29, 1.82) is 0 Å². The van der Waals surface area contributed by atoms with Crippen LogP contribution in [-0.4, -0.2) is 48.8 Å². The van der Waals surface area contributed by atoms with Crippen LogP contribution in [0.15, 0.2) is 28.8 Å². The van der Waals surface area contributed by atoms with Crippen molar-refractivity contribution in [1.82, 2.24) is 10.1 Å². The third-order valence-electron chi connectivity index (χ3n) is 5.85. The largest absolute Gasteiger partial charge is 0.355 e. The lowest BCUT2D eigenvalue weighted by Gasteiger charge is -2.35. The zero-order valence-electron chi connectivity index (χ0n) is 14.5. The Hall–Kier alpha value is -1.59. The van der Waals surface area contributed by atoms with Gasteiger partial charge in [-0.2, -0.15) is 0 Å². The Morgan fingerprint density at radius 1 is 1.04 bits per heavy atom. The van der Waals surface area contributed by atoms with Crippen molar-refractivity contribution in [2.24, 2.45) is 5.92 Å². The van der Waals surface area contributed by atoms with Crippen molar-refractivity contribution in [3.05, 3.63) is 24.3 Å². The molecule has 5 heteroatoms. The van der Waals surface area contributed by atoms with Crippen LogP contribution in [0.3, 0.4) is 0 Å². The number of benzene rings is 1. The van der Waals surface area contributed by atoms with Crippen LogP contribution in [0.1, 0.15) is 32.1 Å². The molecule has 0 bridgehead atoms. The van der Waals surface area contributed by atoms with Gasteiger partial charge in [0.25, 0.3) is 0 Å². The van der Waals surface area contributed by atoms with Crippen LogP contribution < -0.4 is 10.6 Å². The van der Waals surface area contributed by atoms with E-state index in [0.29, 0.717) is 6.04 Å². The summed E-state index contributed by atoms with van der Waals surface area (Å²) in [5.74, 6) is 1.94. The Balaban J connectivity index is 1.27.